The van der Waals surface area contributed by atoms with Gasteiger partial charge in [0.25, 0.3) is 0 Å². The van der Waals surface area contributed by atoms with Crippen molar-refractivity contribution in [2.24, 2.45) is 0 Å². The predicted molar refractivity (Wildman–Crippen MR) is 78.8 cm³/mol. The Morgan fingerprint density at radius 3 is 2.36 bits per heavy atom. The highest BCUT2D eigenvalue weighted by atomic mass is 19.4. The lowest BCUT2D eigenvalue weighted by atomic mass is 9.99. The second-order valence-electron chi connectivity index (χ2n) is 6.54. The van der Waals surface area contributed by atoms with Crippen LogP contribution in [0.5, 0.6) is 0 Å². The van der Waals surface area contributed by atoms with Crippen LogP contribution in [0.15, 0.2) is 24.3 Å². The molecule has 2 saturated heterocycles. The SMILES string of the molecule is FC(F)(F)c1cc([C@H]2[C@@H]3CCCCN32)c2cccc(C(F)(F)F)c2n1. The molecule has 0 radical (unpaired) electrons. The summed E-state index contributed by atoms with van der Waals surface area (Å²) in [6, 6.07) is 4.22. The average Bonchev–Trinajstić information content (AvgIpc) is 3.25. The average molecular weight is 360 g/mol. The van der Waals surface area contributed by atoms with Crippen LogP contribution in [0.25, 0.3) is 10.9 Å². The third-order valence-electron chi connectivity index (χ3n) is 5.01. The molecule has 1 aromatic heterocycles. The first-order chi connectivity index (χ1) is 11.7. The highest BCUT2D eigenvalue weighted by molar-refractivity contribution is 5.86. The maximum Gasteiger partial charge on any atom is 0.433 e. The first kappa shape index (κ1) is 16.6. The molecule has 2 fully saturated rings. The molecule has 0 spiro atoms. The second kappa shape index (κ2) is 5.33. The molecule has 4 rings (SSSR count). The number of rotatable bonds is 1. The van der Waals surface area contributed by atoms with Gasteiger partial charge in [0.1, 0.15) is 5.69 Å². The number of nitrogens with zero attached hydrogens (tertiary/aromatic N) is 2. The van der Waals surface area contributed by atoms with Crippen molar-refractivity contribution in [3.8, 4) is 0 Å². The summed E-state index contributed by atoms with van der Waals surface area (Å²) in [5, 5.41) is 0.155. The summed E-state index contributed by atoms with van der Waals surface area (Å²) in [6.45, 7) is 0.763. The van der Waals surface area contributed by atoms with Crippen LogP contribution in [0, 0.1) is 0 Å². The zero-order valence-electron chi connectivity index (χ0n) is 13.0. The molecule has 25 heavy (non-hydrogen) atoms. The minimum absolute atomic E-state index is 0.120. The van der Waals surface area contributed by atoms with E-state index in [-0.39, 0.29) is 17.5 Å². The summed E-state index contributed by atoms with van der Waals surface area (Å²) in [5.74, 6) is 0. The fraction of sp³-hybridized carbons (Fsp3) is 0.471. The Morgan fingerprint density at radius 2 is 1.76 bits per heavy atom. The molecule has 0 saturated carbocycles. The van der Waals surface area contributed by atoms with E-state index in [1.165, 1.54) is 12.1 Å². The van der Waals surface area contributed by atoms with Crippen LogP contribution in [-0.4, -0.2) is 22.5 Å². The molecule has 2 aromatic rings. The Hall–Kier alpha value is -1.83. The molecule has 1 unspecified atom stereocenters. The van der Waals surface area contributed by atoms with Crippen LogP contribution >= 0.6 is 0 Å². The molecule has 3 heterocycles. The summed E-state index contributed by atoms with van der Waals surface area (Å²) in [7, 11) is 0. The third-order valence-corrected chi connectivity index (χ3v) is 5.01. The molecule has 3 atom stereocenters. The molecular weight excluding hydrogens is 346 g/mol. The van der Waals surface area contributed by atoms with E-state index in [9.17, 15) is 26.3 Å². The highest BCUT2D eigenvalue weighted by Crippen LogP contribution is 2.51. The van der Waals surface area contributed by atoms with Gasteiger partial charge in [-0.25, -0.2) is 4.98 Å². The predicted octanol–water partition coefficient (Wildman–Crippen LogP) is 5.18. The molecule has 0 amide bonds. The summed E-state index contributed by atoms with van der Waals surface area (Å²) >= 11 is 0. The Morgan fingerprint density at radius 1 is 1.00 bits per heavy atom. The zero-order valence-corrected chi connectivity index (χ0v) is 13.0. The number of hydrogen-bond acceptors (Lipinski definition) is 2. The molecule has 2 nitrogen and oxygen atoms in total. The quantitative estimate of drug-likeness (QED) is 0.514. The van der Waals surface area contributed by atoms with Gasteiger partial charge in [0.2, 0.25) is 0 Å². The van der Waals surface area contributed by atoms with E-state index in [1.54, 1.807) is 0 Å². The maximum atomic E-state index is 13.3. The minimum Gasteiger partial charge on any atom is -0.290 e. The lowest BCUT2D eigenvalue weighted by molar-refractivity contribution is -0.142. The molecule has 134 valence electrons. The minimum atomic E-state index is -4.79. The molecule has 1 aromatic carbocycles. The highest BCUT2D eigenvalue weighted by Gasteiger charge is 2.50. The summed E-state index contributed by atoms with van der Waals surface area (Å²) < 4.78 is 79.4. The number of fused-ring (bicyclic) bond motifs is 2. The normalized spacial score (nSPS) is 26.6. The maximum absolute atomic E-state index is 13.3. The van der Waals surface area contributed by atoms with Crippen LogP contribution in [0.1, 0.15) is 42.1 Å². The van der Waals surface area contributed by atoms with Crippen LogP contribution in [0.2, 0.25) is 0 Å². The first-order valence-corrected chi connectivity index (χ1v) is 8.02. The molecular formula is C17H14F6N2. The van der Waals surface area contributed by atoms with Gasteiger partial charge in [-0.05, 0) is 37.1 Å². The van der Waals surface area contributed by atoms with E-state index >= 15 is 0 Å². The summed E-state index contributed by atoms with van der Waals surface area (Å²) in [6.07, 6.45) is -6.76. The van der Waals surface area contributed by atoms with Crippen molar-refractivity contribution in [3.05, 3.63) is 41.1 Å². The Labute approximate surface area is 139 Å². The fourth-order valence-electron chi connectivity index (χ4n) is 3.89. The van der Waals surface area contributed by atoms with Gasteiger partial charge in [-0.2, -0.15) is 26.3 Å². The Balaban J connectivity index is 1.95. The lowest BCUT2D eigenvalue weighted by Crippen LogP contribution is -2.13. The smallest absolute Gasteiger partial charge is 0.290 e. The van der Waals surface area contributed by atoms with Gasteiger partial charge in [0.15, 0.2) is 0 Å². The Kier molecular flexibility index (Phi) is 3.55. The van der Waals surface area contributed by atoms with Gasteiger partial charge in [0.05, 0.1) is 17.1 Å². The van der Waals surface area contributed by atoms with Gasteiger partial charge < -0.3 is 0 Å². The molecule has 0 aliphatic carbocycles. The van der Waals surface area contributed by atoms with E-state index in [4.69, 9.17) is 0 Å². The van der Waals surface area contributed by atoms with E-state index in [2.05, 4.69) is 9.88 Å². The van der Waals surface area contributed by atoms with E-state index in [0.29, 0.717) is 5.56 Å². The molecule has 2 aliphatic rings. The summed E-state index contributed by atoms with van der Waals surface area (Å²) in [4.78, 5) is 5.39. The number of benzene rings is 1. The molecule has 0 bridgehead atoms. The van der Waals surface area contributed by atoms with Gasteiger partial charge in [0, 0.05) is 11.4 Å². The number of halogens is 6. The topological polar surface area (TPSA) is 15.9 Å². The molecule has 0 N–H and O–H groups in total. The van der Waals surface area contributed by atoms with Gasteiger partial charge in [-0.1, -0.05) is 18.6 Å². The largest absolute Gasteiger partial charge is 0.433 e. The van der Waals surface area contributed by atoms with E-state index in [1.807, 2.05) is 0 Å². The number of aromatic nitrogens is 1. The van der Waals surface area contributed by atoms with Crippen molar-refractivity contribution >= 4 is 10.9 Å². The van der Waals surface area contributed by atoms with Crippen LogP contribution < -0.4 is 0 Å². The van der Waals surface area contributed by atoms with Crippen molar-refractivity contribution in [2.45, 2.75) is 43.7 Å². The number of para-hydroxylation sites is 1. The summed E-state index contributed by atoms with van der Waals surface area (Å²) in [5.41, 5.74) is -2.72. The van der Waals surface area contributed by atoms with E-state index < -0.39 is 29.1 Å². The standard InChI is InChI=1S/C17H14F6N2/c18-16(19,20)11-5-3-4-9-10(15-12-6-1-2-7-25(12)15)8-13(17(21,22)23)24-14(9)11/h3-5,8,12,15H,1-2,6-7H2/t12-,15-,25?/m0/s1. The van der Waals surface area contributed by atoms with Gasteiger partial charge in [-0.15, -0.1) is 0 Å². The van der Waals surface area contributed by atoms with Crippen molar-refractivity contribution in [1.82, 2.24) is 9.88 Å². The monoisotopic (exact) mass is 360 g/mol. The number of hydrogen-bond donors (Lipinski definition) is 0. The lowest BCUT2D eigenvalue weighted by Gasteiger charge is -2.15. The Bertz CT molecular complexity index is 814. The number of alkyl halides is 6. The van der Waals surface area contributed by atoms with Crippen molar-refractivity contribution in [2.75, 3.05) is 6.54 Å². The van der Waals surface area contributed by atoms with Gasteiger partial charge >= 0.3 is 12.4 Å². The van der Waals surface area contributed by atoms with Gasteiger partial charge in [-0.3, -0.25) is 4.90 Å². The number of piperidine rings is 1. The second-order valence-corrected chi connectivity index (χ2v) is 6.54. The first-order valence-electron chi connectivity index (χ1n) is 8.02. The number of pyridine rings is 1. The van der Waals surface area contributed by atoms with Crippen molar-refractivity contribution < 1.29 is 26.3 Å². The van der Waals surface area contributed by atoms with Crippen LogP contribution in [-0.2, 0) is 12.4 Å². The molecule has 2 aliphatic heterocycles. The third kappa shape index (κ3) is 2.76. The van der Waals surface area contributed by atoms with Crippen LogP contribution in [0.4, 0.5) is 26.3 Å². The van der Waals surface area contributed by atoms with Crippen LogP contribution in [0.3, 0.4) is 0 Å². The fourth-order valence-corrected chi connectivity index (χ4v) is 3.89. The zero-order chi connectivity index (χ0) is 18.0. The van der Waals surface area contributed by atoms with Crippen molar-refractivity contribution in [3.63, 3.8) is 0 Å². The van der Waals surface area contributed by atoms with Crippen molar-refractivity contribution in [1.29, 1.82) is 0 Å². The van der Waals surface area contributed by atoms with E-state index in [0.717, 1.165) is 37.9 Å². The molecule has 8 heteroatoms.